The molecule has 1 amide bonds. The third-order valence-corrected chi connectivity index (χ3v) is 4.83. The molecule has 1 saturated heterocycles. The quantitative estimate of drug-likeness (QED) is 0.766. The van der Waals surface area contributed by atoms with Crippen LogP contribution in [0.4, 0.5) is 5.82 Å². The van der Waals surface area contributed by atoms with Crippen molar-refractivity contribution < 1.29 is 4.79 Å². The molecule has 8 heteroatoms. The first-order chi connectivity index (χ1) is 12.6. The molecule has 134 valence electrons. The number of halogens is 1. The van der Waals surface area contributed by atoms with Gasteiger partial charge in [0.05, 0.1) is 16.9 Å². The second kappa shape index (κ2) is 6.92. The summed E-state index contributed by atoms with van der Waals surface area (Å²) in [5, 5.41) is 3.71. The molecule has 0 aromatic carbocycles. The van der Waals surface area contributed by atoms with Gasteiger partial charge < -0.3 is 10.2 Å². The highest BCUT2D eigenvalue weighted by Crippen LogP contribution is 2.19. The number of fused-ring (bicyclic) bond motifs is 1. The van der Waals surface area contributed by atoms with E-state index in [0.29, 0.717) is 28.6 Å². The number of aryl methyl sites for hydroxylation is 1. The number of aromatic nitrogens is 4. The Morgan fingerprint density at radius 3 is 3.04 bits per heavy atom. The van der Waals surface area contributed by atoms with Gasteiger partial charge in [-0.05, 0) is 31.9 Å². The number of pyridine rings is 1. The molecule has 1 aliphatic rings. The zero-order valence-electron chi connectivity index (χ0n) is 14.4. The maximum atomic E-state index is 12.9. The maximum Gasteiger partial charge on any atom is 0.270 e. The van der Waals surface area contributed by atoms with Crippen molar-refractivity contribution >= 4 is 29.0 Å². The van der Waals surface area contributed by atoms with Crippen LogP contribution in [0.3, 0.4) is 0 Å². The van der Waals surface area contributed by atoms with E-state index in [1.165, 1.54) is 0 Å². The van der Waals surface area contributed by atoms with Crippen LogP contribution in [0.2, 0.25) is 5.02 Å². The van der Waals surface area contributed by atoms with Crippen LogP contribution in [0.25, 0.3) is 5.65 Å². The highest BCUT2D eigenvalue weighted by molar-refractivity contribution is 6.30. The number of imidazole rings is 1. The second-order valence-electron chi connectivity index (χ2n) is 6.44. The van der Waals surface area contributed by atoms with Gasteiger partial charge in [-0.25, -0.2) is 9.97 Å². The molecule has 3 aromatic rings. The van der Waals surface area contributed by atoms with E-state index >= 15 is 0 Å². The third kappa shape index (κ3) is 3.22. The van der Waals surface area contributed by atoms with Crippen LogP contribution in [0, 0.1) is 6.92 Å². The van der Waals surface area contributed by atoms with Crippen LogP contribution in [0.5, 0.6) is 0 Å². The lowest BCUT2D eigenvalue weighted by atomic mass is 10.1. The molecule has 7 nitrogen and oxygen atoms in total. The minimum absolute atomic E-state index is 0.0439. The molecule has 1 aliphatic heterocycles. The number of amides is 1. The lowest BCUT2D eigenvalue weighted by molar-refractivity contribution is 0.0926. The third-order valence-electron chi connectivity index (χ3n) is 4.60. The predicted molar refractivity (Wildman–Crippen MR) is 99.7 cm³/mol. The summed E-state index contributed by atoms with van der Waals surface area (Å²) < 4.78 is 1.75. The van der Waals surface area contributed by atoms with E-state index in [9.17, 15) is 4.79 Å². The van der Waals surface area contributed by atoms with Gasteiger partial charge in [0.2, 0.25) is 0 Å². The molecule has 4 heterocycles. The molecule has 1 N–H and O–H groups in total. The van der Waals surface area contributed by atoms with Crippen LogP contribution >= 0.6 is 11.6 Å². The summed E-state index contributed by atoms with van der Waals surface area (Å²) in [5.41, 5.74) is 1.92. The highest BCUT2D eigenvalue weighted by Gasteiger charge is 2.25. The van der Waals surface area contributed by atoms with Crippen LogP contribution < -0.4 is 10.2 Å². The van der Waals surface area contributed by atoms with Gasteiger partial charge in [-0.3, -0.25) is 14.2 Å². The Balaban J connectivity index is 1.53. The largest absolute Gasteiger partial charge is 0.353 e. The van der Waals surface area contributed by atoms with E-state index in [1.807, 2.05) is 13.0 Å². The van der Waals surface area contributed by atoms with Crippen molar-refractivity contribution in [1.29, 1.82) is 0 Å². The molecule has 0 spiro atoms. The molecule has 1 atom stereocenters. The Morgan fingerprint density at radius 1 is 1.35 bits per heavy atom. The first-order valence-corrected chi connectivity index (χ1v) is 8.95. The Morgan fingerprint density at radius 2 is 2.23 bits per heavy atom. The fraction of sp³-hybridized carbons (Fsp3) is 0.333. The van der Waals surface area contributed by atoms with Gasteiger partial charge in [-0.1, -0.05) is 11.6 Å². The number of nitrogens with zero attached hydrogens (tertiary/aromatic N) is 5. The summed E-state index contributed by atoms with van der Waals surface area (Å²) >= 11 is 6.08. The SMILES string of the molecule is Cc1nc2ccc(Cl)cn2c1C(=O)NC1CCCN(c2cnccn2)C1. The van der Waals surface area contributed by atoms with Crippen molar-refractivity contribution in [3.05, 3.63) is 53.3 Å². The average Bonchev–Trinajstić information content (AvgIpc) is 2.97. The number of anilines is 1. The first-order valence-electron chi connectivity index (χ1n) is 8.58. The van der Waals surface area contributed by atoms with E-state index in [1.54, 1.807) is 35.3 Å². The molecule has 4 rings (SSSR count). The number of hydrogen-bond acceptors (Lipinski definition) is 5. The lowest BCUT2D eigenvalue weighted by Crippen LogP contribution is -2.48. The summed E-state index contributed by atoms with van der Waals surface area (Å²) in [6.45, 7) is 3.46. The van der Waals surface area contributed by atoms with Gasteiger partial charge in [0.1, 0.15) is 17.2 Å². The topological polar surface area (TPSA) is 75.4 Å². The zero-order valence-corrected chi connectivity index (χ0v) is 15.1. The number of rotatable bonds is 3. The molecule has 26 heavy (non-hydrogen) atoms. The van der Waals surface area contributed by atoms with Crippen LogP contribution in [0.15, 0.2) is 36.9 Å². The highest BCUT2D eigenvalue weighted by atomic mass is 35.5. The van der Waals surface area contributed by atoms with Crippen molar-refractivity contribution in [2.75, 3.05) is 18.0 Å². The molecular formula is C18H19ClN6O. The average molecular weight is 371 g/mol. The Kier molecular flexibility index (Phi) is 4.46. The van der Waals surface area contributed by atoms with Crippen LogP contribution in [0.1, 0.15) is 29.0 Å². The number of carbonyl (C=O) groups is 1. The Labute approximate surface area is 156 Å². The summed E-state index contributed by atoms with van der Waals surface area (Å²) in [4.78, 5) is 28.0. The zero-order chi connectivity index (χ0) is 18.1. The van der Waals surface area contributed by atoms with E-state index < -0.39 is 0 Å². The minimum Gasteiger partial charge on any atom is -0.353 e. The summed E-state index contributed by atoms with van der Waals surface area (Å²) in [7, 11) is 0. The Bertz CT molecular complexity index is 942. The van der Waals surface area contributed by atoms with E-state index in [0.717, 1.165) is 25.2 Å². The van der Waals surface area contributed by atoms with Crippen LogP contribution in [-0.2, 0) is 0 Å². The Hall–Kier alpha value is -2.67. The van der Waals surface area contributed by atoms with E-state index in [4.69, 9.17) is 11.6 Å². The van der Waals surface area contributed by atoms with E-state index in [2.05, 4.69) is 25.2 Å². The minimum atomic E-state index is -0.136. The fourth-order valence-corrected chi connectivity index (χ4v) is 3.58. The predicted octanol–water partition coefficient (Wildman–Crippen LogP) is 2.48. The fourth-order valence-electron chi connectivity index (χ4n) is 3.42. The summed E-state index contributed by atoms with van der Waals surface area (Å²) in [6, 6.07) is 3.62. The van der Waals surface area contributed by atoms with Gasteiger partial charge in [-0.15, -0.1) is 0 Å². The standard InChI is InChI=1S/C18H19ClN6O/c1-12-17(25-10-13(19)4-5-15(25)22-12)18(26)23-14-3-2-8-24(11-14)16-9-20-6-7-21-16/h4-7,9-10,14H,2-3,8,11H2,1H3,(H,23,26). The van der Waals surface area contributed by atoms with E-state index in [-0.39, 0.29) is 11.9 Å². The van der Waals surface area contributed by atoms with Gasteiger partial charge in [0, 0.05) is 37.7 Å². The van der Waals surface area contributed by atoms with Gasteiger partial charge in [0.15, 0.2) is 0 Å². The number of hydrogen-bond donors (Lipinski definition) is 1. The first kappa shape index (κ1) is 16.8. The molecule has 0 bridgehead atoms. The number of piperidine rings is 1. The van der Waals surface area contributed by atoms with Gasteiger partial charge in [0.25, 0.3) is 5.91 Å². The molecule has 0 saturated carbocycles. The second-order valence-corrected chi connectivity index (χ2v) is 6.88. The van der Waals surface area contributed by atoms with Gasteiger partial charge in [-0.2, -0.15) is 0 Å². The molecule has 3 aromatic heterocycles. The van der Waals surface area contributed by atoms with Gasteiger partial charge >= 0.3 is 0 Å². The normalized spacial score (nSPS) is 17.5. The lowest BCUT2D eigenvalue weighted by Gasteiger charge is -2.33. The molecule has 0 radical (unpaired) electrons. The van der Waals surface area contributed by atoms with Crippen LogP contribution in [-0.4, -0.2) is 44.4 Å². The van der Waals surface area contributed by atoms with Crippen molar-refractivity contribution in [2.24, 2.45) is 0 Å². The molecule has 1 unspecified atom stereocenters. The molecule has 0 aliphatic carbocycles. The summed E-state index contributed by atoms with van der Waals surface area (Å²) in [5.74, 6) is 0.701. The monoisotopic (exact) mass is 370 g/mol. The maximum absolute atomic E-state index is 12.9. The summed E-state index contributed by atoms with van der Waals surface area (Å²) in [6.07, 6.45) is 8.73. The number of carbonyl (C=O) groups excluding carboxylic acids is 1. The van der Waals surface area contributed by atoms with Crippen molar-refractivity contribution in [1.82, 2.24) is 24.7 Å². The van der Waals surface area contributed by atoms with Crippen molar-refractivity contribution in [3.8, 4) is 0 Å². The van der Waals surface area contributed by atoms with Crippen molar-refractivity contribution in [2.45, 2.75) is 25.8 Å². The van der Waals surface area contributed by atoms with Crippen molar-refractivity contribution in [3.63, 3.8) is 0 Å². The molecular weight excluding hydrogens is 352 g/mol. The smallest absolute Gasteiger partial charge is 0.270 e. The number of nitrogens with one attached hydrogen (secondary N) is 1. The molecule has 1 fully saturated rings.